The van der Waals surface area contributed by atoms with Crippen molar-refractivity contribution in [3.63, 3.8) is 0 Å². The number of fused-ring (bicyclic) bond motifs is 1. The summed E-state index contributed by atoms with van der Waals surface area (Å²) in [7, 11) is 0. The fourth-order valence-electron chi connectivity index (χ4n) is 4.89. The van der Waals surface area contributed by atoms with Crippen molar-refractivity contribution in [2.24, 2.45) is 4.99 Å². The number of aromatic nitrogens is 2. The number of amidine groups is 1. The van der Waals surface area contributed by atoms with E-state index in [4.69, 9.17) is 4.99 Å². The van der Waals surface area contributed by atoms with Crippen molar-refractivity contribution >= 4 is 16.9 Å². The molecular formula is C25H28N4S. The van der Waals surface area contributed by atoms with E-state index in [2.05, 4.69) is 85.5 Å². The molecule has 2 aromatic heterocycles. The normalized spacial score (nSPS) is 23.0. The van der Waals surface area contributed by atoms with Gasteiger partial charge in [-0.05, 0) is 68.7 Å². The van der Waals surface area contributed by atoms with E-state index in [9.17, 15) is 0 Å². The molecule has 1 fully saturated rings. The minimum atomic E-state index is 0.0359. The second kappa shape index (κ2) is 7.31. The van der Waals surface area contributed by atoms with Gasteiger partial charge in [-0.25, -0.2) is 0 Å². The molecule has 4 heterocycles. The van der Waals surface area contributed by atoms with E-state index in [0.29, 0.717) is 5.25 Å². The Labute approximate surface area is 183 Å². The minimum Gasteiger partial charge on any atom is -0.341 e. The molecule has 0 spiro atoms. The van der Waals surface area contributed by atoms with Crippen molar-refractivity contribution in [2.45, 2.75) is 52.0 Å². The molecule has 154 valence electrons. The van der Waals surface area contributed by atoms with Crippen molar-refractivity contribution in [1.82, 2.24) is 14.5 Å². The van der Waals surface area contributed by atoms with Gasteiger partial charge in [-0.3, -0.25) is 9.98 Å². The van der Waals surface area contributed by atoms with Gasteiger partial charge in [0.2, 0.25) is 0 Å². The highest BCUT2D eigenvalue weighted by atomic mass is 32.2. The van der Waals surface area contributed by atoms with Gasteiger partial charge in [-0.2, -0.15) is 0 Å². The number of aliphatic imine (C=N–C) groups is 1. The summed E-state index contributed by atoms with van der Waals surface area (Å²) in [6.07, 6.45) is 1.88. The van der Waals surface area contributed by atoms with Gasteiger partial charge < -0.3 is 9.47 Å². The van der Waals surface area contributed by atoms with Gasteiger partial charge in [-0.1, -0.05) is 36.9 Å². The van der Waals surface area contributed by atoms with Crippen LogP contribution in [0.15, 0.2) is 53.7 Å². The fraction of sp³-hybridized carbons (Fsp3) is 0.360. The maximum absolute atomic E-state index is 5.15. The summed E-state index contributed by atoms with van der Waals surface area (Å²) < 4.78 is 2.41. The first-order valence-electron chi connectivity index (χ1n) is 10.6. The summed E-state index contributed by atoms with van der Waals surface area (Å²) in [6.45, 7) is 12.2. The van der Waals surface area contributed by atoms with E-state index < -0.39 is 0 Å². The number of hydrogen-bond donors (Lipinski definition) is 0. The number of nitrogens with zero attached hydrogens (tertiary/aromatic N) is 4. The van der Waals surface area contributed by atoms with Crippen LogP contribution in [-0.2, 0) is 0 Å². The van der Waals surface area contributed by atoms with Gasteiger partial charge in [0.1, 0.15) is 6.04 Å². The number of pyridine rings is 1. The minimum absolute atomic E-state index is 0.0359. The lowest BCUT2D eigenvalue weighted by Crippen LogP contribution is -2.28. The SMILES string of the molecule is Cc1cccc(-n2c(C)cc([C@H]3[C@H](c4ccccn4)N=C4S[C@@H](C)CN43)c2C)c1C. The summed E-state index contributed by atoms with van der Waals surface area (Å²) in [5, 5.41) is 1.73. The highest BCUT2D eigenvalue weighted by molar-refractivity contribution is 8.14. The Kier molecular flexibility index (Phi) is 4.73. The van der Waals surface area contributed by atoms with Crippen LogP contribution in [-0.4, -0.2) is 31.4 Å². The molecular weight excluding hydrogens is 388 g/mol. The smallest absolute Gasteiger partial charge is 0.160 e. The largest absolute Gasteiger partial charge is 0.341 e. The molecule has 0 saturated carbocycles. The van der Waals surface area contributed by atoms with Gasteiger partial charge in [0, 0.05) is 35.1 Å². The number of thioether (sulfide) groups is 1. The van der Waals surface area contributed by atoms with Crippen LogP contribution in [0.5, 0.6) is 0 Å². The van der Waals surface area contributed by atoms with Crippen LogP contribution >= 0.6 is 11.8 Å². The highest BCUT2D eigenvalue weighted by Gasteiger charge is 2.44. The molecule has 0 bridgehead atoms. The van der Waals surface area contributed by atoms with E-state index in [1.807, 2.05) is 24.0 Å². The van der Waals surface area contributed by atoms with Crippen LogP contribution in [0.2, 0.25) is 0 Å². The topological polar surface area (TPSA) is 33.4 Å². The zero-order valence-corrected chi connectivity index (χ0v) is 19.1. The third-order valence-electron chi connectivity index (χ3n) is 6.49. The molecule has 30 heavy (non-hydrogen) atoms. The summed E-state index contributed by atoms with van der Waals surface area (Å²) in [4.78, 5) is 12.3. The van der Waals surface area contributed by atoms with Crippen molar-refractivity contribution in [2.75, 3.05) is 6.54 Å². The first-order valence-corrected chi connectivity index (χ1v) is 11.5. The van der Waals surface area contributed by atoms with Crippen molar-refractivity contribution in [1.29, 1.82) is 0 Å². The number of hydrogen-bond acceptors (Lipinski definition) is 4. The predicted molar refractivity (Wildman–Crippen MR) is 126 cm³/mol. The molecule has 0 aliphatic carbocycles. The molecule has 1 aromatic carbocycles. The van der Waals surface area contributed by atoms with Crippen LogP contribution in [0.3, 0.4) is 0 Å². The van der Waals surface area contributed by atoms with E-state index in [1.54, 1.807) is 0 Å². The molecule has 5 rings (SSSR count). The molecule has 0 amide bonds. The average molecular weight is 417 g/mol. The van der Waals surface area contributed by atoms with E-state index in [0.717, 1.165) is 12.2 Å². The zero-order chi connectivity index (χ0) is 21.0. The molecule has 2 aliphatic rings. The molecule has 2 aliphatic heterocycles. The van der Waals surface area contributed by atoms with Crippen molar-refractivity contribution < 1.29 is 0 Å². The molecule has 5 heteroatoms. The molecule has 0 N–H and O–H groups in total. The quantitative estimate of drug-likeness (QED) is 0.549. The first-order chi connectivity index (χ1) is 14.5. The Hall–Kier alpha value is -2.53. The Bertz CT molecular complexity index is 1130. The van der Waals surface area contributed by atoms with Crippen molar-refractivity contribution in [3.05, 3.63) is 82.4 Å². The van der Waals surface area contributed by atoms with Gasteiger partial charge in [0.15, 0.2) is 5.17 Å². The lowest BCUT2D eigenvalue weighted by Gasteiger charge is -2.27. The lowest BCUT2D eigenvalue weighted by atomic mass is 9.96. The van der Waals surface area contributed by atoms with Crippen LogP contribution < -0.4 is 0 Å². The van der Waals surface area contributed by atoms with Crippen LogP contribution in [0, 0.1) is 27.7 Å². The number of aryl methyl sites for hydroxylation is 2. The Morgan fingerprint density at radius 3 is 2.63 bits per heavy atom. The Morgan fingerprint density at radius 2 is 1.87 bits per heavy atom. The van der Waals surface area contributed by atoms with E-state index in [-0.39, 0.29) is 12.1 Å². The molecule has 0 unspecified atom stereocenters. The molecule has 3 aromatic rings. The standard InChI is InChI=1S/C25H28N4S/c1-15-9-8-11-22(18(15)4)29-16(2)13-20(19(29)5)24-23(21-10-6-7-12-26-21)27-25-28(24)14-17(3)30-25/h6-13,17,23-24H,14H2,1-5H3/t17-,23-,24-/m0/s1. The van der Waals surface area contributed by atoms with Crippen LogP contribution in [0.1, 0.15) is 52.8 Å². The van der Waals surface area contributed by atoms with Crippen molar-refractivity contribution in [3.8, 4) is 5.69 Å². The third-order valence-corrected chi connectivity index (χ3v) is 7.59. The Morgan fingerprint density at radius 1 is 1.03 bits per heavy atom. The summed E-state index contributed by atoms with van der Waals surface area (Å²) >= 11 is 1.89. The summed E-state index contributed by atoms with van der Waals surface area (Å²) in [5.74, 6) is 0. The summed E-state index contributed by atoms with van der Waals surface area (Å²) in [6, 6.07) is 15.3. The predicted octanol–water partition coefficient (Wildman–Crippen LogP) is 5.70. The van der Waals surface area contributed by atoms with Gasteiger partial charge in [0.25, 0.3) is 0 Å². The third kappa shape index (κ3) is 2.99. The number of rotatable bonds is 3. The first kappa shape index (κ1) is 19.4. The molecule has 4 nitrogen and oxygen atoms in total. The monoisotopic (exact) mass is 416 g/mol. The maximum atomic E-state index is 5.15. The second-order valence-corrected chi connectivity index (χ2v) is 9.92. The van der Waals surface area contributed by atoms with E-state index in [1.165, 1.54) is 38.9 Å². The Balaban J connectivity index is 1.65. The fourth-order valence-corrected chi connectivity index (χ4v) is 5.98. The maximum Gasteiger partial charge on any atom is 0.160 e. The molecule has 1 saturated heterocycles. The zero-order valence-electron chi connectivity index (χ0n) is 18.3. The summed E-state index contributed by atoms with van der Waals surface area (Å²) in [5.41, 5.74) is 8.91. The van der Waals surface area contributed by atoms with Crippen LogP contribution in [0.4, 0.5) is 0 Å². The molecule has 0 radical (unpaired) electrons. The molecule has 3 atom stereocenters. The highest BCUT2D eigenvalue weighted by Crippen LogP contribution is 2.49. The number of benzene rings is 1. The van der Waals surface area contributed by atoms with Gasteiger partial charge in [0.05, 0.1) is 11.7 Å². The second-order valence-electron chi connectivity index (χ2n) is 8.52. The lowest BCUT2D eigenvalue weighted by molar-refractivity contribution is 0.320. The average Bonchev–Trinajstić information content (AvgIpc) is 3.35. The van der Waals surface area contributed by atoms with E-state index >= 15 is 0 Å². The van der Waals surface area contributed by atoms with Crippen LogP contribution in [0.25, 0.3) is 5.69 Å². The van der Waals surface area contributed by atoms with Gasteiger partial charge in [-0.15, -0.1) is 0 Å². The van der Waals surface area contributed by atoms with Gasteiger partial charge >= 0.3 is 0 Å².